The van der Waals surface area contributed by atoms with Gasteiger partial charge in [-0.3, -0.25) is 5.41 Å². The Balaban J connectivity index is 2.08. The number of nitrogens with two attached hydrogens (primary N) is 1. The molecule has 0 aromatic heterocycles. The summed E-state index contributed by atoms with van der Waals surface area (Å²) in [6, 6.07) is 8.04. The fraction of sp³-hybridized carbons (Fsp3) is 0.364. The summed E-state index contributed by atoms with van der Waals surface area (Å²) >= 11 is 3.17. The third-order valence-corrected chi connectivity index (χ3v) is 4.86. The predicted molar refractivity (Wildman–Crippen MR) is 70.6 cm³/mol. The lowest BCUT2D eigenvalue weighted by Gasteiger charge is -2.33. The molecule has 1 unspecified atom stereocenters. The van der Waals surface area contributed by atoms with Crippen molar-refractivity contribution in [2.45, 2.75) is 16.6 Å². The molecule has 0 saturated carbocycles. The van der Waals surface area contributed by atoms with E-state index in [9.17, 15) is 0 Å². The Hall–Kier alpha value is -0.810. The molecule has 3 nitrogen and oxygen atoms in total. The summed E-state index contributed by atoms with van der Waals surface area (Å²) in [5.41, 5.74) is 5.36. The highest BCUT2D eigenvalue weighted by molar-refractivity contribution is 8.14. The third kappa shape index (κ3) is 2.65. The summed E-state index contributed by atoms with van der Waals surface area (Å²) in [7, 11) is 0. The van der Waals surface area contributed by atoms with Gasteiger partial charge >= 0.3 is 0 Å². The number of hydrogen-bond acceptors (Lipinski definition) is 4. The second-order valence-electron chi connectivity index (χ2n) is 3.94. The largest absolute Gasteiger partial charge is 0.491 e. The molecular formula is C11H14N2OS2. The first-order chi connectivity index (χ1) is 7.59. The van der Waals surface area contributed by atoms with Gasteiger partial charge in [-0.25, -0.2) is 0 Å². The van der Waals surface area contributed by atoms with Crippen molar-refractivity contribution in [2.24, 2.45) is 5.73 Å². The molecule has 0 fully saturated rings. The standard InChI is InChI=1S/C11H14N2OS2/c1-11(7-15-10(12)13)6-14-8-4-2-3-5-9(8)16-11/h2-5H,6-7H2,1H3,(H3,12,13). The lowest BCUT2D eigenvalue weighted by molar-refractivity contribution is 0.275. The van der Waals surface area contributed by atoms with E-state index in [4.69, 9.17) is 15.9 Å². The Morgan fingerprint density at radius 2 is 2.38 bits per heavy atom. The van der Waals surface area contributed by atoms with Crippen molar-refractivity contribution in [2.75, 3.05) is 12.4 Å². The van der Waals surface area contributed by atoms with Gasteiger partial charge in [0.1, 0.15) is 12.4 Å². The quantitative estimate of drug-likeness (QED) is 0.629. The van der Waals surface area contributed by atoms with E-state index >= 15 is 0 Å². The van der Waals surface area contributed by atoms with Crippen LogP contribution in [0.25, 0.3) is 0 Å². The van der Waals surface area contributed by atoms with Crippen LogP contribution in [-0.2, 0) is 0 Å². The Bertz CT molecular complexity index is 411. The summed E-state index contributed by atoms with van der Waals surface area (Å²) in [5, 5.41) is 7.40. The number of ether oxygens (including phenoxy) is 1. The van der Waals surface area contributed by atoms with Crippen LogP contribution in [0.4, 0.5) is 0 Å². The van der Waals surface area contributed by atoms with Gasteiger partial charge in [-0.2, -0.15) is 0 Å². The Labute approximate surface area is 104 Å². The zero-order valence-electron chi connectivity index (χ0n) is 9.03. The van der Waals surface area contributed by atoms with Gasteiger partial charge in [-0.15, -0.1) is 11.8 Å². The van der Waals surface area contributed by atoms with E-state index < -0.39 is 0 Å². The normalized spacial score (nSPS) is 23.3. The smallest absolute Gasteiger partial charge is 0.151 e. The maximum Gasteiger partial charge on any atom is 0.151 e. The highest BCUT2D eigenvalue weighted by atomic mass is 32.2. The molecule has 1 aromatic rings. The monoisotopic (exact) mass is 254 g/mol. The molecule has 0 spiro atoms. The Kier molecular flexibility index (Phi) is 3.35. The zero-order chi connectivity index (χ0) is 11.6. The fourth-order valence-electron chi connectivity index (χ4n) is 1.48. The number of para-hydroxylation sites is 1. The van der Waals surface area contributed by atoms with Crippen molar-refractivity contribution in [3.05, 3.63) is 24.3 Å². The van der Waals surface area contributed by atoms with E-state index in [0.29, 0.717) is 6.61 Å². The van der Waals surface area contributed by atoms with Crippen LogP contribution in [0.1, 0.15) is 6.92 Å². The number of rotatable bonds is 2. The number of hydrogen-bond donors (Lipinski definition) is 2. The summed E-state index contributed by atoms with van der Waals surface area (Å²) in [6.45, 7) is 2.80. The van der Waals surface area contributed by atoms with E-state index in [2.05, 4.69) is 13.0 Å². The Morgan fingerprint density at radius 1 is 1.62 bits per heavy atom. The maximum absolute atomic E-state index is 7.24. The van der Waals surface area contributed by atoms with Crippen LogP contribution in [0, 0.1) is 5.41 Å². The van der Waals surface area contributed by atoms with Crippen molar-refractivity contribution in [3.63, 3.8) is 0 Å². The van der Waals surface area contributed by atoms with Crippen LogP contribution in [0.2, 0.25) is 0 Å². The lowest BCUT2D eigenvalue weighted by Crippen LogP contribution is -2.35. The number of fused-ring (bicyclic) bond motifs is 1. The molecule has 0 radical (unpaired) electrons. The SMILES string of the molecule is CC1(CSC(=N)N)COc2ccccc2S1. The van der Waals surface area contributed by atoms with Crippen molar-refractivity contribution >= 4 is 28.7 Å². The molecular weight excluding hydrogens is 240 g/mol. The van der Waals surface area contributed by atoms with Gasteiger partial charge in [0.25, 0.3) is 0 Å². The maximum atomic E-state index is 7.24. The van der Waals surface area contributed by atoms with E-state index in [1.807, 2.05) is 18.2 Å². The van der Waals surface area contributed by atoms with Gasteiger partial charge in [0.2, 0.25) is 0 Å². The summed E-state index contributed by atoms with van der Waals surface area (Å²) in [6.07, 6.45) is 0. The number of benzene rings is 1. The molecule has 1 aromatic carbocycles. The fourth-order valence-corrected chi connectivity index (χ4v) is 3.46. The van der Waals surface area contributed by atoms with Crippen molar-refractivity contribution in [1.82, 2.24) is 0 Å². The molecule has 1 aliphatic heterocycles. The van der Waals surface area contributed by atoms with E-state index in [1.165, 1.54) is 16.7 Å². The zero-order valence-corrected chi connectivity index (χ0v) is 10.7. The van der Waals surface area contributed by atoms with Crippen LogP contribution in [0.15, 0.2) is 29.2 Å². The highest BCUT2D eigenvalue weighted by Gasteiger charge is 2.32. The molecule has 2 rings (SSSR count). The number of amidine groups is 1. The molecule has 3 N–H and O–H groups in total. The van der Waals surface area contributed by atoms with Gasteiger partial charge in [-0.1, -0.05) is 23.9 Å². The van der Waals surface area contributed by atoms with Crippen LogP contribution >= 0.6 is 23.5 Å². The molecule has 0 amide bonds. The third-order valence-electron chi connectivity index (χ3n) is 2.27. The second-order valence-corrected chi connectivity index (χ2v) is 6.59. The minimum Gasteiger partial charge on any atom is -0.491 e. The molecule has 5 heteroatoms. The second kappa shape index (κ2) is 4.59. The first kappa shape index (κ1) is 11.7. The van der Waals surface area contributed by atoms with Crippen LogP contribution < -0.4 is 10.5 Å². The first-order valence-electron chi connectivity index (χ1n) is 4.97. The van der Waals surface area contributed by atoms with Crippen molar-refractivity contribution in [1.29, 1.82) is 5.41 Å². The van der Waals surface area contributed by atoms with Crippen LogP contribution in [0.5, 0.6) is 5.75 Å². The van der Waals surface area contributed by atoms with Crippen molar-refractivity contribution < 1.29 is 4.74 Å². The molecule has 86 valence electrons. The minimum absolute atomic E-state index is 0.00924. The highest BCUT2D eigenvalue weighted by Crippen LogP contribution is 2.44. The van der Waals surface area contributed by atoms with Crippen LogP contribution in [-0.4, -0.2) is 22.3 Å². The molecule has 1 aliphatic rings. The van der Waals surface area contributed by atoms with Gasteiger partial charge in [-0.05, 0) is 19.1 Å². The van der Waals surface area contributed by atoms with Crippen molar-refractivity contribution in [3.8, 4) is 5.75 Å². The summed E-state index contributed by atoms with van der Waals surface area (Å²) in [4.78, 5) is 1.17. The molecule has 16 heavy (non-hydrogen) atoms. The number of nitrogens with one attached hydrogen (secondary N) is 1. The van der Waals surface area contributed by atoms with Gasteiger partial charge in [0, 0.05) is 5.75 Å². The predicted octanol–water partition coefficient (Wildman–Crippen LogP) is 2.56. The van der Waals surface area contributed by atoms with Gasteiger partial charge in [0.05, 0.1) is 9.64 Å². The lowest BCUT2D eigenvalue weighted by atomic mass is 10.2. The molecule has 0 saturated heterocycles. The van der Waals surface area contributed by atoms with E-state index in [-0.39, 0.29) is 9.91 Å². The molecule has 1 heterocycles. The minimum atomic E-state index is -0.00924. The molecule has 1 atom stereocenters. The number of thioether (sulfide) groups is 2. The average molecular weight is 254 g/mol. The van der Waals surface area contributed by atoms with Crippen LogP contribution in [0.3, 0.4) is 0 Å². The van der Waals surface area contributed by atoms with E-state index in [0.717, 1.165) is 11.5 Å². The van der Waals surface area contributed by atoms with Gasteiger partial charge < -0.3 is 10.5 Å². The summed E-state index contributed by atoms with van der Waals surface area (Å²) < 4.78 is 5.72. The molecule has 0 bridgehead atoms. The van der Waals surface area contributed by atoms with E-state index in [1.54, 1.807) is 11.8 Å². The first-order valence-corrected chi connectivity index (χ1v) is 6.77. The van der Waals surface area contributed by atoms with Gasteiger partial charge in [0.15, 0.2) is 5.17 Å². The molecule has 0 aliphatic carbocycles. The summed E-state index contributed by atoms with van der Waals surface area (Å²) in [5.74, 6) is 1.75. The average Bonchev–Trinajstić information content (AvgIpc) is 2.26. The Morgan fingerprint density at radius 3 is 3.12 bits per heavy atom. The topological polar surface area (TPSA) is 59.1 Å².